The molecule has 2 aromatic heterocycles. The van der Waals surface area contributed by atoms with Crippen LogP contribution in [0, 0.1) is 12.8 Å². The number of fused-ring (bicyclic) bond motifs is 1. The molecule has 1 aromatic carbocycles. The zero-order valence-electron chi connectivity index (χ0n) is 14.0. The van der Waals surface area contributed by atoms with Gasteiger partial charge in [0.15, 0.2) is 11.5 Å². The van der Waals surface area contributed by atoms with Gasteiger partial charge < -0.3 is 5.32 Å². The van der Waals surface area contributed by atoms with E-state index >= 15 is 0 Å². The Morgan fingerprint density at radius 2 is 1.79 bits per heavy atom. The summed E-state index contributed by atoms with van der Waals surface area (Å²) in [5.74, 6) is 3.17. The maximum absolute atomic E-state index is 4.56. The van der Waals surface area contributed by atoms with Crippen molar-refractivity contribution in [2.45, 2.75) is 38.5 Å². The lowest BCUT2D eigenvalue weighted by atomic mass is 9.79. The molecule has 1 fully saturated rings. The van der Waals surface area contributed by atoms with Gasteiger partial charge in [0.2, 0.25) is 0 Å². The molecule has 0 atom stereocenters. The summed E-state index contributed by atoms with van der Waals surface area (Å²) in [5, 5.41) is 16.2. The van der Waals surface area contributed by atoms with Crippen LogP contribution in [-0.4, -0.2) is 26.4 Å². The molecule has 0 bridgehead atoms. The van der Waals surface area contributed by atoms with E-state index in [0.29, 0.717) is 0 Å². The first-order valence-corrected chi connectivity index (χ1v) is 8.77. The summed E-state index contributed by atoms with van der Waals surface area (Å²) in [4.78, 5) is 0. The molecule has 1 aliphatic rings. The minimum absolute atomic E-state index is 0.726. The minimum Gasteiger partial charge on any atom is -0.368 e. The summed E-state index contributed by atoms with van der Waals surface area (Å²) in [7, 11) is 0. The summed E-state index contributed by atoms with van der Waals surface area (Å²) in [6, 6.07) is 14.9. The van der Waals surface area contributed by atoms with Gasteiger partial charge in [-0.1, -0.05) is 30.3 Å². The molecule has 4 rings (SSSR count). The van der Waals surface area contributed by atoms with Gasteiger partial charge in [0.05, 0.1) is 0 Å². The summed E-state index contributed by atoms with van der Waals surface area (Å²) >= 11 is 0. The second-order valence-corrected chi connectivity index (χ2v) is 6.75. The molecule has 3 aromatic rings. The van der Waals surface area contributed by atoms with Crippen LogP contribution in [0.15, 0.2) is 42.5 Å². The molecule has 24 heavy (non-hydrogen) atoms. The van der Waals surface area contributed by atoms with Crippen LogP contribution in [0.4, 0.5) is 5.82 Å². The topological polar surface area (TPSA) is 55.1 Å². The first-order valence-electron chi connectivity index (χ1n) is 8.77. The molecule has 1 N–H and O–H groups in total. The third-order valence-corrected chi connectivity index (χ3v) is 5.11. The molecule has 0 saturated heterocycles. The van der Waals surface area contributed by atoms with E-state index in [1.54, 1.807) is 4.52 Å². The second kappa shape index (κ2) is 6.59. The fourth-order valence-corrected chi connectivity index (χ4v) is 3.66. The SMILES string of the molecule is Cc1nnc2ccc(NCC3CCC(c4ccccc4)CC3)nn12. The van der Waals surface area contributed by atoms with E-state index in [2.05, 4.69) is 50.9 Å². The Balaban J connectivity index is 1.33. The van der Waals surface area contributed by atoms with Gasteiger partial charge in [-0.25, -0.2) is 0 Å². The Bertz CT molecular complexity index is 803. The maximum Gasteiger partial charge on any atom is 0.178 e. The van der Waals surface area contributed by atoms with Crippen molar-refractivity contribution in [3.8, 4) is 0 Å². The van der Waals surface area contributed by atoms with Crippen molar-refractivity contribution in [1.82, 2.24) is 19.8 Å². The minimum atomic E-state index is 0.726. The van der Waals surface area contributed by atoms with E-state index in [0.717, 1.165) is 35.7 Å². The number of aryl methyl sites for hydroxylation is 1. The van der Waals surface area contributed by atoms with Gasteiger partial charge in [0, 0.05) is 6.54 Å². The molecule has 0 amide bonds. The normalized spacial score (nSPS) is 21.0. The Kier molecular flexibility index (Phi) is 4.15. The summed E-state index contributed by atoms with van der Waals surface area (Å²) in [6.45, 7) is 2.91. The van der Waals surface area contributed by atoms with Crippen LogP contribution in [0.25, 0.3) is 5.65 Å². The molecular weight excluding hydrogens is 298 g/mol. The Hall–Kier alpha value is -2.43. The average molecular weight is 321 g/mol. The molecule has 124 valence electrons. The molecule has 5 nitrogen and oxygen atoms in total. The van der Waals surface area contributed by atoms with Crippen LogP contribution in [0.5, 0.6) is 0 Å². The van der Waals surface area contributed by atoms with Gasteiger partial charge in [-0.05, 0) is 62.1 Å². The third-order valence-electron chi connectivity index (χ3n) is 5.11. The molecule has 5 heteroatoms. The number of nitrogens with zero attached hydrogens (tertiary/aromatic N) is 4. The van der Waals surface area contributed by atoms with Crippen molar-refractivity contribution in [3.05, 3.63) is 53.9 Å². The van der Waals surface area contributed by atoms with E-state index in [-0.39, 0.29) is 0 Å². The summed E-state index contributed by atoms with van der Waals surface area (Å²) < 4.78 is 1.79. The third kappa shape index (κ3) is 3.11. The van der Waals surface area contributed by atoms with Crippen molar-refractivity contribution in [2.75, 3.05) is 11.9 Å². The van der Waals surface area contributed by atoms with E-state index in [9.17, 15) is 0 Å². The van der Waals surface area contributed by atoms with Crippen molar-refractivity contribution in [1.29, 1.82) is 0 Å². The van der Waals surface area contributed by atoms with Crippen molar-refractivity contribution in [2.24, 2.45) is 5.92 Å². The second-order valence-electron chi connectivity index (χ2n) is 6.75. The average Bonchev–Trinajstić information content (AvgIpc) is 3.02. The maximum atomic E-state index is 4.56. The highest BCUT2D eigenvalue weighted by atomic mass is 15.4. The number of rotatable bonds is 4. The fourth-order valence-electron chi connectivity index (χ4n) is 3.66. The monoisotopic (exact) mass is 321 g/mol. The van der Waals surface area contributed by atoms with Crippen LogP contribution in [0.1, 0.15) is 43.0 Å². The molecule has 0 unspecified atom stereocenters. The zero-order valence-corrected chi connectivity index (χ0v) is 14.0. The molecule has 2 heterocycles. The summed E-state index contributed by atoms with van der Waals surface area (Å²) in [5.41, 5.74) is 2.29. The van der Waals surface area contributed by atoms with E-state index in [1.165, 1.54) is 31.2 Å². The van der Waals surface area contributed by atoms with Gasteiger partial charge in [-0.3, -0.25) is 0 Å². The number of nitrogens with one attached hydrogen (secondary N) is 1. The molecule has 0 radical (unpaired) electrons. The van der Waals surface area contributed by atoms with Gasteiger partial charge in [0.1, 0.15) is 5.82 Å². The summed E-state index contributed by atoms with van der Waals surface area (Å²) in [6.07, 6.45) is 5.13. The van der Waals surface area contributed by atoms with E-state index < -0.39 is 0 Å². The van der Waals surface area contributed by atoms with Crippen LogP contribution >= 0.6 is 0 Å². The predicted octanol–water partition coefficient (Wildman–Crippen LogP) is 3.82. The molecule has 0 spiro atoms. The Labute approximate surface area is 142 Å². The van der Waals surface area contributed by atoms with Crippen molar-refractivity contribution < 1.29 is 0 Å². The first-order chi connectivity index (χ1) is 11.8. The van der Waals surface area contributed by atoms with Gasteiger partial charge in [0.25, 0.3) is 0 Å². The number of benzene rings is 1. The molecule has 1 aliphatic carbocycles. The number of hydrogen-bond donors (Lipinski definition) is 1. The number of anilines is 1. The predicted molar refractivity (Wildman–Crippen MR) is 95.1 cm³/mol. The van der Waals surface area contributed by atoms with Crippen LogP contribution < -0.4 is 5.32 Å². The Morgan fingerprint density at radius 1 is 1.00 bits per heavy atom. The number of hydrogen-bond acceptors (Lipinski definition) is 4. The van der Waals surface area contributed by atoms with Crippen LogP contribution in [-0.2, 0) is 0 Å². The van der Waals surface area contributed by atoms with Crippen LogP contribution in [0.3, 0.4) is 0 Å². The van der Waals surface area contributed by atoms with Crippen LogP contribution in [0.2, 0.25) is 0 Å². The Morgan fingerprint density at radius 3 is 2.58 bits per heavy atom. The lowest BCUT2D eigenvalue weighted by Gasteiger charge is -2.29. The lowest BCUT2D eigenvalue weighted by molar-refractivity contribution is 0.338. The molecular formula is C19H23N5. The first kappa shape index (κ1) is 15.1. The fraction of sp³-hybridized carbons (Fsp3) is 0.421. The standard InChI is InChI=1S/C19H23N5/c1-14-21-22-19-12-11-18(23-24(14)19)20-13-15-7-9-17(10-8-15)16-5-3-2-4-6-16/h2-6,11-12,15,17H,7-10,13H2,1H3,(H,20,23). The highest BCUT2D eigenvalue weighted by Crippen LogP contribution is 2.35. The quantitative estimate of drug-likeness (QED) is 0.794. The van der Waals surface area contributed by atoms with E-state index in [4.69, 9.17) is 0 Å². The highest BCUT2D eigenvalue weighted by Gasteiger charge is 2.22. The van der Waals surface area contributed by atoms with Gasteiger partial charge in [-0.2, -0.15) is 4.52 Å². The molecule has 1 saturated carbocycles. The highest BCUT2D eigenvalue weighted by molar-refractivity contribution is 5.43. The lowest BCUT2D eigenvalue weighted by Crippen LogP contribution is -2.21. The van der Waals surface area contributed by atoms with Gasteiger partial charge >= 0.3 is 0 Å². The smallest absolute Gasteiger partial charge is 0.178 e. The van der Waals surface area contributed by atoms with Crippen molar-refractivity contribution >= 4 is 11.5 Å². The molecule has 0 aliphatic heterocycles. The van der Waals surface area contributed by atoms with E-state index in [1.807, 2.05) is 19.1 Å². The van der Waals surface area contributed by atoms with Crippen molar-refractivity contribution in [3.63, 3.8) is 0 Å². The zero-order chi connectivity index (χ0) is 16.4. The van der Waals surface area contributed by atoms with Gasteiger partial charge in [-0.15, -0.1) is 15.3 Å². The largest absolute Gasteiger partial charge is 0.368 e. The number of aromatic nitrogens is 4.